The lowest BCUT2D eigenvalue weighted by molar-refractivity contribution is -0.114. The number of rotatable bonds is 5. The molecule has 0 saturated carbocycles. The Hall–Kier alpha value is -2.75. The van der Waals surface area contributed by atoms with Crippen LogP contribution in [0.4, 0.5) is 11.4 Å². The molecule has 128 valence electrons. The number of nitriles is 1. The average molecular weight is 378 g/mol. The van der Waals surface area contributed by atoms with Gasteiger partial charge in [-0.3, -0.25) is 4.79 Å². The molecule has 0 saturated heterocycles. The largest absolute Gasteiger partial charge is 0.465 e. The van der Waals surface area contributed by atoms with Gasteiger partial charge in [0.05, 0.1) is 34.8 Å². The number of nitrogens with one attached hydrogen (secondary N) is 2. The molecule has 2 N–H and O–H groups in total. The summed E-state index contributed by atoms with van der Waals surface area (Å²) in [6.45, 7) is -0.0418. The number of methoxy groups -OCH3 is 1. The lowest BCUT2D eigenvalue weighted by Crippen LogP contribution is -2.21. The summed E-state index contributed by atoms with van der Waals surface area (Å²) in [5.41, 5.74) is 1.54. The quantitative estimate of drug-likeness (QED) is 0.775. The van der Waals surface area contributed by atoms with E-state index in [0.717, 1.165) is 0 Å². The van der Waals surface area contributed by atoms with Crippen molar-refractivity contribution in [3.63, 3.8) is 0 Å². The molecule has 25 heavy (non-hydrogen) atoms. The van der Waals surface area contributed by atoms with Crippen LogP contribution in [0.5, 0.6) is 0 Å². The summed E-state index contributed by atoms with van der Waals surface area (Å²) in [5, 5.41) is 14.9. The summed E-state index contributed by atoms with van der Waals surface area (Å²) in [4.78, 5) is 23.6. The van der Waals surface area contributed by atoms with E-state index >= 15 is 0 Å². The van der Waals surface area contributed by atoms with Crippen LogP contribution in [0, 0.1) is 11.3 Å². The molecule has 2 aromatic rings. The minimum atomic E-state index is -0.565. The number of carbonyl (C=O) groups excluding carboxylic acids is 2. The van der Waals surface area contributed by atoms with Crippen molar-refractivity contribution in [1.82, 2.24) is 0 Å². The van der Waals surface area contributed by atoms with E-state index in [1.54, 1.807) is 12.1 Å². The number of hydrogen-bond donors (Lipinski definition) is 2. The minimum absolute atomic E-state index is 0.0418. The van der Waals surface area contributed by atoms with Gasteiger partial charge in [0.15, 0.2) is 0 Å². The molecule has 0 aliphatic carbocycles. The summed E-state index contributed by atoms with van der Waals surface area (Å²) in [6, 6.07) is 11.2. The van der Waals surface area contributed by atoms with Crippen LogP contribution in [-0.2, 0) is 9.53 Å². The van der Waals surface area contributed by atoms with E-state index in [9.17, 15) is 9.59 Å². The second-order valence-electron chi connectivity index (χ2n) is 4.89. The van der Waals surface area contributed by atoms with E-state index in [1.807, 2.05) is 6.07 Å². The normalized spacial score (nSPS) is 9.84. The van der Waals surface area contributed by atoms with Crippen LogP contribution in [-0.4, -0.2) is 25.5 Å². The molecule has 0 bridgehead atoms. The van der Waals surface area contributed by atoms with Crippen LogP contribution in [0.1, 0.15) is 15.9 Å². The third-order valence-corrected chi connectivity index (χ3v) is 3.84. The smallest absolute Gasteiger partial charge is 0.339 e. The topological polar surface area (TPSA) is 91.2 Å². The maximum atomic E-state index is 12.0. The number of carbonyl (C=O) groups is 2. The first-order valence-electron chi connectivity index (χ1n) is 7.06. The van der Waals surface area contributed by atoms with Gasteiger partial charge in [-0.15, -0.1) is 0 Å². The number of amides is 1. The molecule has 6 nitrogen and oxygen atoms in total. The van der Waals surface area contributed by atoms with E-state index in [1.165, 1.54) is 31.4 Å². The van der Waals surface area contributed by atoms with Crippen molar-refractivity contribution in [2.24, 2.45) is 0 Å². The van der Waals surface area contributed by atoms with Gasteiger partial charge in [-0.25, -0.2) is 4.79 Å². The molecule has 0 unspecified atom stereocenters. The molecule has 2 aromatic carbocycles. The summed E-state index contributed by atoms with van der Waals surface area (Å²) in [7, 11) is 1.26. The Kier molecular flexibility index (Phi) is 6.23. The maximum Gasteiger partial charge on any atom is 0.339 e. The third kappa shape index (κ3) is 4.86. The molecule has 8 heteroatoms. The van der Waals surface area contributed by atoms with E-state index in [0.29, 0.717) is 16.9 Å². The summed E-state index contributed by atoms with van der Waals surface area (Å²) < 4.78 is 4.64. The Balaban J connectivity index is 1.99. The number of hydrogen-bond acceptors (Lipinski definition) is 5. The highest BCUT2D eigenvalue weighted by Gasteiger charge is 2.12. The van der Waals surface area contributed by atoms with Crippen molar-refractivity contribution in [1.29, 1.82) is 5.26 Å². The van der Waals surface area contributed by atoms with Gasteiger partial charge in [0.25, 0.3) is 0 Å². The number of benzene rings is 2. The highest BCUT2D eigenvalue weighted by Crippen LogP contribution is 2.22. The van der Waals surface area contributed by atoms with Crippen LogP contribution in [0.25, 0.3) is 0 Å². The first-order valence-corrected chi connectivity index (χ1v) is 7.81. The van der Waals surface area contributed by atoms with Crippen molar-refractivity contribution in [3.05, 3.63) is 57.6 Å². The van der Waals surface area contributed by atoms with E-state index in [2.05, 4.69) is 15.4 Å². The molecular formula is C17H13Cl2N3O3. The van der Waals surface area contributed by atoms with Gasteiger partial charge >= 0.3 is 5.97 Å². The third-order valence-electron chi connectivity index (χ3n) is 3.20. The van der Waals surface area contributed by atoms with Crippen LogP contribution >= 0.6 is 23.2 Å². The predicted octanol–water partition coefficient (Wildman–Crippen LogP) is 3.70. The molecule has 2 rings (SSSR count). The molecule has 0 heterocycles. The van der Waals surface area contributed by atoms with Gasteiger partial charge in [0.1, 0.15) is 6.07 Å². The van der Waals surface area contributed by atoms with Crippen LogP contribution in [0.15, 0.2) is 36.4 Å². The minimum Gasteiger partial charge on any atom is -0.465 e. The Labute approximate surface area is 154 Å². The summed E-state index contributed by atoms with van der Waals surface area (Å²) in [6.07, 6.45) is 0. The molecule has 1 amide bonds. The molecule has 0 aliphatic rings. The second kappa shape index (κ2) is 8.38. The molecule has 0 atom stereocenters. The van der Waals surface area contributed by atoms with Gasteiger partial charge < -0.3 is 15.4 Å². The molecule has 0 radical (unpaired) electrons. The maximum absolute atomic E-state index is 12.0. The molecule has 0 spiro atoms. The van der Waals surface area contributed by atoms with Gasteiger partial charge in [-0.1, -0.05) is 23.2 Å². The molecule has 0 aromatic heterocycles. The highest BCUT2D eigenvalue weighted by molar-refractivity contribution is 6.33. The zero-order valence-electron chi connectivity index (χ0n) is 13.1. The van der Waals surface area contributed by atoms with Gasteiger partial charge in [-0.2, -0.15) is 5.26 Å². The van der Waals surface area contributed by atoms with E-state index in [4.69, 9.17) is 28.5 Å². The number of halogens is 2. The fraction of sp³-hybridized carbons (Fsp3) is 0.118. The predicted molar refractivity (Wildman–Crippen MR) is 96.1 cm³/mol. The van der Waals surface area contributed by atoms with Crippen LogP contribution in [0.3, 0.4) is 0 Å². The Bertz CT molecular complexity index is 863. The Morgan fingerprint density at radius 1 is 1.12 bits per heavy atom. The average Bonchev–Trinajstić information content (AvgIpc) is 2.60. The van der Waals surface area contributed by atoms with Crippen molar-refractivity contribution < 1.29 is 14.3 Å². The number of nitrogens with zero attached hydrogens (tertiary/aromatic N) is 1. The Morgan fingerprint density at radius 2 is 1.84 bits per heavy atom. The highest BCUT2D eigenvalue weighted by atomic mass is 35.5. The number of anilines is 2. The van der Waals surface area contributed by atoms with Gasteiger partial charge in [-0.05, 0) is 36.4 Å². The lowest BCUT2D eigenvalue weighted by Gasteiger charge is -2.10. The van der Waals surface area contributed by atoms with Gasteiger partial charge in [0, 0.05) is 11.4 Å². The summed E-state index contributed by atoms with van der Waals surface area (Å²) in [5.74, 6) is -0.888. The van der Waals surface area contributed by atoms with Crippen molar-refractivity contribution in [3.8, 4) is 6.07 Å². The standard InChI is InChI=1S/C17H13Cl2N3O3/c1-25-17(24)13-6-11(4-5-14(13)18)21-9-16(23)22-12-3-2-10(8-20)15(19)7-12/h2-7,21H,9H2,1H3,(H,22,23). The van der Waals surface area contributed by atoms with Crippen molar-refractivity contribution >= 4 is 46.5 Å². The lowest BCUT2D eigenvalue weighted by atomic mass is 10.2. The van der Waals surface area contributed by atoms with Crippen LogP contribution < -0.4 is 10.6 Å². The van der Waals surface area contributed by atoms with E-state index < -0.39 is 5.97 Å². The summed E-state index contributed by atoms with van der Waals surface area (Å²) >= 11 is 11.9. The van der Waals surface area contributed by atoms with Gasteiger partial charge in [0.2, 0.25) is 5.91 Å². The fourth-order valence-electron chi connectivity index (χ4n) is 1.97. The Morgan fingerprint density at radius 3 is 2.48 bits per heavy atom. The molecular weight excluding hydrogens is 365 g/mol. The second-order valence-corrected chi connectivity index (χ2v) is 5.71. The first-order chi connectivity index (χ1) is 11.9. The van der Waals surface area contributed by atoms with E-state index in [-0.39, 0.29) is 28.1 Å². The first kappa shape index (κ1) is 18.6. The molecule has 0 aliphatic heterocycles. The molecule has 0 fully saturated rings. The monoisotopic (exact) mass is 377 g/mol. The fourth-order valence-corrected chi connectivity index (χ4v) is 2.39. The van der Waals surface area contributed by atoms with Crippen molar-refractivity contribution in [2.75, 3.05) is 24.3 Å². The van der Waals surface area contributed by atoms with Crippen molar-refractivity contribution in [2.45, 2.75) is 0 Å². The zero-order valence-corrected chi connectivity index (χ0v) is 14.6. The van der Waals surface area contributed by atoms with Crippen LogP contribution in [0.2, 0.25) is 10.0 Å². The zero-order chi connectivity index (χ0) is 18.4. The SMILES string of the molecule is COC(=O)c1cc(NCC(=O)Nc2ccc(C#N)c(Cl)c2)ccc1Cl. The number of esters is 1. The number of ether oxygens (including phenoxy) is 1.